The van der Waals surface area contributed by atoms with Crippen LogP contribution in [-0.4, -0.2) is 65.1 Å². The summed E-state index contributed by atoms with van der Waals surface area (Å²) in [6, 6.07) is 8.22. The molecule has 2 aromatic rings. The molecular formula is C21H26N4O2S. The summed E-state index contributed by atoms with van der Waals surface area (Å²) < 4.78 is 5.21. The van der Waals surface area contributed by atoms with Gasteiger partial charge in [-0.15, -0.1) is 11.3 Å². The van der Waals surface area contributed by atoms with E-state index in [0.717, 1.165) is 43.1 Å². The number of nitrogens with zero attached hydrogens (tertiary/aromatic N) is 3. The standard InChI is InChI=1S/C21H26N4O2S/c1-3-24-10-4-5-15(24)11-25-12-18(26)19(20(25)22)21-23-17(13-28-21)14-6-8-16(27-2)9-7-14/h6-9,13,15,22,26H,3-5,10-12H2,1-2H3/t15-/m1/s1. The smallest absolute Gasteiger partial charge is 0.135 e. The molecule has 2 aliphatic heterocycles. The molecule has 0 spiro atoms. The predicted octanol–water partition coefficient (Wildman–Crippen LogP) is 3.86. The maximum Gasteiger partial charge on any atom is 0.135 e. The number of aliphatic hydroxyl groups is 1. The topological polar surface area (TPSA) is 72.7 Å². The maximum absolute atomic E-state index is 10.6. The SMILES string of the molecule is CCN1CCC[C@@H]1CN1CC(O)=C(c2nc(-c3ccc(OC)cc3)cs2)C1=N. The fourth-order valence-electron chi connectivity index (χ4n) is 4.07. The first-order valence-corrected chi connectivity index (χ1v) is 10.6. The summed E-state index contributed by atoms with van der Waals surface area (Å²) >= 11 is 1.47. The van der Waals surface area contributed by atoms with Gasteiger partial charge in [0.05, 0.1) is 24.9 Å². The summed E-state index contributed by atoms with van der Waals surface area (Å²) in [5.74, 6) is 1.44. The first-order chi connectivity index (χ1) is 13.6. The molecule has 4 rings (SSSR count). The Balaban J connectivity index is 1.50. The summed E-state index contributed by atoms with van der Waals surface area (Å²) in [7, 11) is 1.65. The summed E-state index contributed by atoms with van der Waals surface area (Å²) in [6.07, 6.45) is 2.37. The van der Waals surface area contributed by atoms with Gasteiger partial charge in [-0.25, -0.2) is 4.98 Å². The van der Waals surface area contributed by atoms with E-state index in [2.05, 4.69) is 11.8 Å². The largest absolute Gasteiger partial charge is 0.510 e. The van der Waals surface area contributed by atoms with E-state index in [0.29, 0.717) is 29.0 Å². The Morgan fingerprint density at radius 3 is 2.82 bits per heavy atom. The van der Waals surface area contributed by atoms with Crippen LogP contribution in [-0.2, 0) is 0 Å². The minimum absolute atomic E-state index is 0.252. The number of hydrogen-bond donors (Lipinski definition) is 2. The molecule has 1 fully saturated rings. The molecule has 28 heavy (non-hydrogen) atoms. The molecule has 1 saturated heterocycles. The van der Waals surface area contributed by atoms with Crippen molar-refractivity contribution < 1.29 is 9.84 Å². The van der Waals surface area contributed by atoms with Crippen molar-refractivity contribution >= 4 is 22.7 Å². The Kier molecular flexibility index (Phi) is 5.37. The molecule has 0 unspecified atom stereocenters. The Labute approximate surface area is 169 Å². The van der Waals surface area contributed by atoms with Crippen molar-refractivity contribution in [3.05, 3.63) is 40.4 Å². The van der Waals surface area contributed by atoms with Crippen molar-refractivity contribution in [2.24, 2.45) is 0 Å². The van der Waals surface area contributed by atoms with Crippen LogP contribution in [0.15, 0.2) is 35.4 Å². The van der Waals surface area contributed by atoms with Crippen LogP contribution in [0, 0.1) is 5.41 Å². The van der Waals surface area contributed by atoms with Crippen LogP contribution in [0.2, 0.25) is 0 Å². The van der Waals surface area contributed by atoms with E-state index in [1.165, 1.54) is 17.8 Å². The number of likely N-dealkylation sites (tertiary alicyclic amines) is 1. The van der Waals surface area contributed by atoms with Gasteiger partial charge in [-0.05, 0) is 50.2 Å². The van der Waals surface area contributed by atoms with Crippen LogP contribution < -0.4 is 4.74 Å². The van der Waals surface area contributed by atoms with E-state index in [4.69, 9.17) is 15.1 Å². The zero-order valence-corrected chi connectivity index (χ0v) is 17.1. The van der Waals surface area contributed by atoms with Crippen molar-refractivity contribution in [1.29, 1.82) is 5.41 Å². The van der Waals surface area contributed by atoms with Crippen molar-refractivity contribution in [3.63, 3.8) is 0 Å². The lowest BCUT2D eigenvalue weighted by molar-refractivity contribution is 0.222. The first kappa shape index (κ1) is 19.0. The van der Waals surface area contributed by atoms with Gasteiger partial charge in [-0.2, -0.15) is 0 Å². The summed E-state index contributed by atoms with van der Waals surface area (Å²) in [5, 5.41) is 21.9. The van der Waals surface area contributed by atoms with Crippen molar-refractivity contribution in [2.75, 3.05) is 33.3 Å². The van der Waals surface area contributed by atoms with Gasteiger partial charge in [0.25, 0.3) is 0 Å². The lowest BCUT2D eigenvalue weighted by Crippen LogP contribution is -2.41. The molecule has 0 bridgehead atoms. The number of rotatable bonds is 6. The Hall–Kier alpha value is -2.38. The third kappa shape index (κ3) is 3.52. The van der Waals surface area contributed by atoms with Gasteiger partial charge < -0.3 is 14.7 Å². The molecule has 148 valence electrons. The summed E-state index contributed by atoms with van der Waals surface area (Å²) in [6.45, 7) is 5.55. The molecule has 0 radical (unpaired) electrons. The molecule has 1 aromatic carbocycles. The number of amidine groups is 1. The average Bonchev–Trinajstić information content (AvgIpc) is 3.42. The molecule has 0 aliphatic carbocycles. The van der Waals surface area contributed by atoms with E-state index < -0.39 is 0 Å². The van der Waals surface area contributed by atoms with E-state index in [9.17, 15) is 5.11 Å². The van der Waals surface area contributed by atoms with Crippen LogP contribution >= 0.6 is 11.3 Å². The molecule has 0 saturated carbocycles. The number of benzene rings is 1. The Morgan fingerprint density at radius 1 is 1.32 bits per heavy atom. The van der Waals surface area contributed by atoms with Crippen LogP contribution in [0.3, 0.4) is 0 Å². The van der Waals surface area contributed by atoms with Crippen LogP contribution in [0.1, 0.15) is 24.8 Å². The quantitative estimate of drug-likeness (QED) is 0.773. The second kappa shape index (κ2) is 7.93. The molecule has 1 aromatic heterocycles. The fraction of sp³-hybridized carbons (Fsp3) is 0.429. The van der Waals surface area contributed by atoms with Gasteiger partial charge >= 0.3 is 0 Å². The maximum atomic E-state index is 10.6. The summed E-state index contributed by atoms with van der Waals surface area (Å²) in [4.78, 5) is 9.15. The minimum atomic E-state index is 0.252. The van der Waals surface area contributed by atoms with Crippen LogP contribution in [0.4, 0.5) is 0 Å². The van der Waals surface area contributed by atoms with E-state index in [-0.39, 0.29) is 5.76 Å². The molecule has 7 heteroatoms. The molecular weight excluding hydrogens is 372 g/mol. The third-order valence-corrected chi connectivity index (χ3v) is 6.48. The van der Waals surface area contributed by atoms with Gasteiger partial charge in [0.2, 0.25) is 0 Å². The second-order valence-corrected chi connectivity index (χ2v) is 8.10. The zero-order chi connectivity index (χ0) is 19.7. The van der Waals surface area contributed by atoms with E-state index >= 15 is 0 Å². The predicted molar refractivity (Wildman–Crippen MR) is 113 cm³/mol. The number of aliphatic hydroxyl groups excluding tert-OH is 1. The zero-order valence-electron chi connectivity index (χ0n) is 16.3. The lowest BCUT2D eigenvalue weighted by Gasteiger charge is -2.28. The van der Waals surface area contributed by atoms with E-state index in [1.807, 2.05) is 34.5 Å². The molecule has 0 amide bonds. The highest BCUT2D eigenvalue weighted by molar-refractivity contribution is 7.11. The highest BCUT2D eigenvalue weighted by Crippen LogP contribution is 2.33. The van der Waals surface area contributed by atoms with Gasteiger partial charge in [0.1, 0.15) is 22.4 Å². The number of likely N-dealkylation sites (N-methyl/N-ethyl adjacent to an activating group) is 1. The Bertz CT molecular complexity index is 890. The van der Waals surface area contributed by atoms with Gasteiger partial charge in [0, 0.05) is 23.5 Å². The number of hydrogen-bond acceptors (Lipinski definition) is 6. The minimum Gasteiger partial charge on any atom is -0.510 e. The fourth-order valence-corrected chi connectivity index (χ4v) is 4.97. The second-order valence-electron chi connectivity index (χ2n) is 7.24. The number of aromatic nitrogens is 1. The first-order valence-electron chi connectivity index (χ1n) is 9.71. The highest BCUT2D eigenvalue weighted by atomic mass is 32.1. The van der Waals surface area contributed by atoms with Gasteiger partial charge in [0.15, 0.2) is 0 Å². The molecule has 2 N–H and O–H groups in total. The van der Waals surface area contributed by atoms with Crippen LogP contribution in [0.25, 0.3) is 16.8 Å². The Morgan fingerprint density at radius 2 is 2.11 bits per heavy atom. The summed E-state index contributed by atoms with van der Waals surface area (Å²) in [5.41, 5.74) is 2.42. The van der Waals surface area contributed by atoms with E-state index in [1.54, 1.807) is 7.11 Å². The molecule has 2 aliphatic rings. The monoisotopic (exact) mass is 398 g/mol. The number of nitrogens with one attached hydrogen (secondary N) is 1. The lowest BCUT2D eigenvalue weighted by atomic mass is 10.1. The third-order valence-electron chi connectivity index (χ3n) is 5.62. The van der Waals surface area contributed by atoms with Crippen LogP contribution in [0.5, 0.6) is 5.75 Å². The van der Waals surface area contributed by atoms with Gasteiger partial charge in [-0.1, -0.05) is 6.92 Å². The normalized spacial score (nSPS) is 20.4. The number of thiazole rings is 1. The van der Waals surface area contributed by atoms with Gasteiger partial charge in [-0.3, -0.25) is 10.3 Å². The number of methoxy groups -OCH3 is 1. The van der Waals surface area contributed by atoms with Crippen molar-refractivity contribution in [3.8, 4) is 17.0 Å². The molecule has 6 nitrogen and oxygen atoms in total. The number of ether oxygens (including phenoxy) is 1. The molecule has 1 atom stereocenters. The highest BCUT2D eigenvalue weighted by Gasteiger charge is 2.33. The van der Waals surface area contributed by atoms with Crippen molar-refractivity contribution in [1.82, 2.24) is 14.8 Å². The average molecular weight is 399 g/mol. The molecule has 3 heterocycles. The van der Waals surface area contributed by atoms with Crippen molar-refractivity contribution in [2.45, 2.75) is 25.8 Å².